The van der Waals surface area contributed by atoms with Crippen molar-refractivity contribution in [1.29, 1.82) is 0 Å². The molecule has 0 aliphatic carbocycles. The largest absolute Gasteiger partial charge is 0.455 e. The first-order valence-electron chi connectivity index (χ1n) is 25.5. The lowest BCUT2D eigenvalue weighted by Crippen LogP contribution is -2.10. The van der Waals surface area contributed by atoms with Crippen molar-refractivity contribution in [2.45, 2.75) is 0 Å². The summed E-state index contributed by atoms with van der Waals surface area (Å²) in [6.07, 6.45) is 0. The van der Waals surface area contributed by atoms with Gasteiger partial charge in [-0.15, -0.1) is 0 Å². The Hall–Kier alpha value is -9.96. The van der Waals surface area contributed by atoms with Gasteiger partial charge in [-0.1, -0.05) is 200 Å². The van der Waals surface area contributed by atoms with Gasteiger partial charge < -0.3 is 13.7 Å². The van der Waals surface area contributed by atoms with E-state index in [1.54, 1.807) is 0 Å². The predicted octanol–water partition coefficient (Wildman–Crippen LogP) is 20.6. The molecule has 0 bridgehead atoms. The molecule has 0 fully saturated rings. The van der Waals surface area contributed by atoms with Crippen molar-refractivity contribution in [3.8, 4) is 77.9 Å². The molecule has 0 aliphatic heterocycles. The zero-order chi connectivity index (χ0) is 49.7. The van der Waals surface area contributed by atoms with Gasteiger partial charge in [-0.2, -0.15) is 0 Å². The summed E-state index contributed by atoms with van der Waals surface area (Å²) in [5, 5.41) is 4.45. The molecule has 0 radical (unpaired) electrons. The van der Waals surface area contributed by atoms with Gasteiger partial charge in [0.2, 0.25) is 0 Å². The Morgan fingerprint density at radius 3 is 1.00 bits per heavy atom. The molecule has 0 N–H and O–H groups in total. The molecule has 0 aliphatic rings. The van der Waals surface area contributed by atoms with Gasteiger partial charge in [-0.25, -0.2) is 0 Å². The summed E-state index contributed by atoms with van der Waals surface area (Å²) in [7, 11) is 0. The monoisotopic (exact) mass is 957 g/mol. The minimum absolute atomic E-state index is 0.890. The fourth-order valence-corrected chi connectivity index (χ4v) is 10.9. The van der Waals surface area contributed by atoms with Crippen LogP contribution >= 0.6 is 0 Å². The third kappa shape index (κ3) is 8.14. The molecule has 0 saturated carbocycles. The summed E-state index contributed by atoms with van der Waals surface area (Å²) >= 11 is 0. The zero-order valence-corrected chi connectivity index (χ0v) is 40.9. The lowest BCUT2D eigenvalue weighted by molar-refractivity contribution is 0.669. The predicted molar refractivity (Wildman–Crippen MR) is 314 cm³/mol. The molecular formula is C72H47NO2. The summed E-state index contributed by atoms with van der Waals surface area (Å²) in [4.78, 5) is 2.38. The van der Waals surface area contributed by atoms with Crippen molar-refractivity contribution in [2.24, 2.45) is 0 Å². The van der Waals surface area contributed by atoms with Crippen molar-refractivity contribution in [1.82, 2.24) is 0 Å². The Morgan fingerprint density at radius 1 is 0.200 bits per heavy atom. The van der Waals surface area contributed by atoms with E-state index in [0.717, 1.165) is 128 Å². The standard InChI is InChI=1S/C72H47NO2/c1-4-18-48(19-5-1)49-36-38-60(39-37-49)73(61-30-16-28-56(42-61)52-24-14-26-54(40-52)58-44-65(50-20-6-2-7-21-50)71-67(46-58)63-32-10-12-34-69(63)74-71)62-31-17-29-57(43-62)53-25-15-27-55(41-53)59-45-66(51-22-8-3-9-23-51)72-68(47-59)64-33-11-13-35-70(64)75-72/h1-47H. The number of furan rings is 2. The van der Waals surface area contributed by atoms with Gasteiger partial charge in [-0.05, 0) is 152 Å². The Bertz CT molecular complexity index is 4150. The molecule has 12 aromatic carbocycles. The smallest absolute Gasteiger partial charge is 0.143 e. The minimum Gasteiger partial charge on any atom is -0.455 e. The van der Waals surface area contributed by atoms with Gasteiger partial charge in [0.1, 0.15) is 22.3 Å². The topological polar surface area (TPSA) is 29.5 Å². The molecule has 0 spiro atoms. The zero-order valence-electron chi connectivity index (χ0n) is 40.9. The van der Waals surface area contributed by atoms with Crippen LogP contribution in [0.5, 0.6) is 0 Å². The number of anilines is 3. The van der Waals surface area contributed by atoms with E-state index < -0.39 is 0 Å². The number of hydrogen-bond acceptors (Lipinski definition) is 3. The van der Waals surface area contributed by atoms with Crippen LogP contribution in [0.3, 0.4) is 0 Å². The molecule has 75 heavy (non-hydrogen) atoms. The van der Waals surface area contributed by atoms with Crippen molar-refractivity contribution in [2.75, 3.05) is 4.90 Å². The van der Waals surface area contributed by atoms with E-state index in [9.17, 15) is 0 Å². The first-order valence-corrected chi connectivity index (χ1v) is 25.5. The van der Waals surface area contributed by atoms with Gasteiger partial charge in [0.05, 0.1) is 0 Å². The average Bonchev–Trinajstić information content (AvgIpc) is 4.08. The average molecular weight is 958 g/mol. The quantitative estimate of drug-likeness (QED) is 0.137. The molecule has 352 valence electrons. The van der Waals surface area contributed by atoms with E-state index in [1.165, 1.54) is 11.1 Å². The van der Waals surface area contributed by atoms with Crippen LogP contribution in [0, 0.1) is 0 Å². The Morgan fingerprint density at radius 2 is 0.547 bits per heavy atom. The number of rotatable bonds is 10. The summed E-state index contributed by atoms with van der Waals surface area (Å²) < 4.78 is 13.1. The highest BCUT2D eigenvalue weighted by atomic mass is 16.3. The molecular weight excluding hydrogens is 911 g/mol. The summed E-state index contributed by atoms with van der Waals surface area (Å²) in [5.41, 5.74) is 22.6. The fraction of sp³-hybridized carbons (Fsp3) is 0. The first-order chi connectivity index (χ1) is 37.1. The number of fused-ring (bicyclic) bond motifs is 6. The van der Waals surface area contributed by atoms with Crippen molar-refractivity contribution < 1.29 is 8.83 Å². The highest BCUT2D eigenvalue weighted by molar-refractivity contribution is 6.12. The molecule has 3 heteroatoms. The second-order valence-electron chi connectivity index (χ2n) is 19.2. The van der Waals surface area contributed by atoms with Crippen LogP contribution in [0.1, 0.15) is 0 Å². The van der Waals surface area contributed by atoms with Crippen molar-refractivity contribution >= 4 is 60.9 Å². The minimum atomic E-state index is 0.890. The van der Waals surface area contributed by atoms with Crippen LogP contribution < -0.4 is 4.90 Å². The Labute approximate surface area is 435 Å². The maximum Gasteiger partial charge on any atom is 0.143 e. The van der Waals surface area contributed by atoms with Crippen LogP contribution in [0.2, 0.25) is 0 Å². The second-order valence-corrected chi connectivity index (χ2v) is 19.2. The number of nitrogens with zero attached hydrogens (tertiary/aromatic N) is 1. The number of hydrogen-bond donors (Lipinski definition) is 0. The summed E-state index contributed by atoms with van der Waals surface area (Å²) in [5.74, 6) is 0. The molecule has 0 amide bonds. The fourth-order valence-electron chi connectivity index (χ4n) is 10.9. The van der Waals surface area contributed by atoms with Gasteiger partial charge in [0.15, 0.2) is 0 Å². The normalized spacial score (nSPS) is 11.5. The number of benzene rings is 12. The third-order valence-electron chi connectivity index (χ3n) is 14.6. The first kappa shape index (κ1) is 43.8. The molecule has 0 saturated heterocycles. The summed E-state index contributed by atoms with van der Waals surface area (Å²) in [6.45, 7) is 0. The van der Waals surface area contributed by atoms with Crippen molar-refractivity contribution in [3.05, 3.63) is 285 Å². The summed E-state index contributed by atoms with van der Waals surface area (Å²) in [6, 6.07) is 102. The van der Waals surface area contributed by atoms with Gasteiger partial charge in [0.25, 0.3) is 0 Å². The number of para-hydroxylation sites is 2. The van der Waals surface area contributed by atoms with Crippen LogP contribution in [-0.4, -0.2) is 0 Å². The van der Waals surface area contributed by atoms with Gasteiger partial charge in [0, 0.05) is 49.7 Å². The SMILES string of the molecule is c1ccc(-c2ccc(N(c3cccc(-c4cccc(-c5cc(-c6ccccc6)c6oc7ccccc7c6c5)c4)c3)c3cccc(-c4cccc(-c5cc(-c6ccccc6)c6oc7ccccc7c6c5)c4)c3)cc2)cc1. The molecule has 2 aromatic heterocycles. The lowest BCUT2D eigenvalue weighted by Gasteiger charge is -2.27. The Balaban J connectivity index is 0.862. The Kier molecular flexibility index (Phi) is 10.8. The highest BCUT2D eigenvalue weighted by Gasteiger charge is 2.19. The molecule has 0 atom stereocenters. The van der Waals surface area contributed by atoms with E-state index in [2.05, 4.69) is 278 Å². The van der Waals surface area contributed by atoms with Gasteiger partial charge >= 0.3 is 0 Å². The van der Waals surface area contributed by atoms with E-state index in [1.807, 2.05) is 12.1 Å². The van der Waals surface area contributed by atoms with E-state index in [4.69, 9.17) is 8.83 Å². The maximum atomic E-state index is 6.55. The van der Waals surface area contributed by atoms with E-state index in [-0.39, 0.29) is 0 Å². The second kappa shape index (κ2) is 18.6. The third-order valence-corrected chi connectivity index (χ3v) is 14.6. The molecule has 2 heterocycles. The molecule has 14 rings (SSSR count). The molecule has 0 unspecified atom stereocenters. The maximum absolute atomic E-state index is 6.55. The van der Waals surface area contributed by atoms with Crippen LogP contribution in [-0.2, 0) is 0 Å². The van der Waals surface area contributed by atoms with Crippen LogP contribution in [0.25, 0.3) is 122 Å². The molecule has 14 aromatic rings. The van der Waals surface area contributed by atoms with E-state index >= 15 is 0 Å². The lowest BCUT2D eigenvalue weighted by atomic mass is 9.93. The molecule has 3 nitrogen and oxygen atoms in total. The van der Waals surface area contributed by atoms with Crippen LogP contribution in [0.15, 0.2) is 294 Å². The van der Waals surface area contributed by atoms with Crippen molar-refractivity contribution in [3.63, 3.8) is 0 Å². The van der Waals surface area contributed by atoms with E-state index in [0.29, 0.717) is 0 Å². The highest BCUT2D eigenvalue weighted by Crippen LogP contribution is 2.44. The van der Waals surface area contributed by atoms with Gasteiger partial charge in [-0.3, -0.25) is 0 Å². The van der Waals surface area contributed by atoms with Crippen LogP contribution in [0.4, 0.5) is 17.1 Å².